The summed E-state index contributed by atoms with van der Waals surface area (Å²) < 4.78 is 0. The van der Waals surface area contributed by atoms with Gasteiger partial charge in [-0.1, -0.05) is 13.8 Å². The van der Waals surface area contributed by atoms with Gasteiger partial charge < -0.3 is 14.7 Å². The molecule has 1 atom stereocenters. The molecule has 2 aliphatic rings. The van der Waals surface area contributed by atoms with E-state index in [1.807, 2.05) is 18.7 Å². The summed E-state index contributed by atoms with van der Waals surface area (Å²) in [6.45, 7) is 6.98. The van der Waals surface area contributed by atoms with Gasteiger partial charge in [0.2, 0.25) is 5.91 Å². The number of amides is 2. The van der Waals surface area contributed by atoms with Crippen molar-refractivity contribution >= 4 is 23.4 Å². The molecule has 0 spiro atoms. The van der Waals surface area contributed by atoms with Gasteiger partial charge >= 0.3 is 0 Å². The number of piperidine rings is 1. The van der Waals surface area contributed by atoms with E-state index in [1.54, 1.807) is 35.2 Å². The molecule has 2 aliphatic heterocycles. The van der Waals surface area contributed by atoms with Gasteiger partial charge in [-0.2, -0.15) is 0 Å². The summed E-state index contributed by atoms with van der Waals surface area (Å²) in [5.41, 5.74) is 0.529. The SMILES string of the molecule is CC(C)CC(=O)[C@@H]1CCCN(C(=O)c2ccc(N3CCN(C)C(=O)C3)nc2)C1. The van der Waals surface area contributed by atoms with Crippen LogP contribution in [0.25, 0.3) is 0 Å². The van der Waals surface area contributed by atoms with Crippen LogP contribution in [0.15, 0.2) is 18.3 Å². The van der Waals surface area contributed by atoms with Crippen LogP contribution in [0.3, 0.4) is 0 Å². The second kappa shape index (κ2) is 8.71. The third-order valence-electron chi connectivity index (χ3n) is 5.55. The molecule has 7 heteroatoms. The second-order valence-corrected chi connectivity index (χ2v) is 8.30. The Balaban J connectivity index is 1.62. The Labute approximate surface area is 166 Å². The second-order valence-electron chi connectivity index (χ2n) is 8.30. The van der Waals surface area contributed by atoms with Gasteiger partial charge in [-0.15, -0.1) is 0 Å². The summed E-state index contributed by atoms with van der Waals surface area (Å²) in [5.74, 6) is 1.26. The first kappa shape index (κ1) is 20.3. The van der Waals surface area contributed by atoms with E-state index in [1.165, 1.54) is 0 Å². The summed E-state index contributed by atoms with van der Waals surface area (Å²) >= 11 is 0. The van der Waals surface area contributed by atoms with Gasteiger partial charge in [-0.25, -0.2) is 4.98 Å². The molecule has 1 aromatic heterocycles. The van der Waals surface area contributed by atoms with E-state index < -0.39 is 0 Å². The molecule has 28 heavy (non-hydrogen) atoms. The highest BCUT2D eigenvalue weighted by molar-refractivity contribution is 5.94. The van der Waals surface area contributed by atoms with Crippen molar-refractivity contribution in [3.63, 3.8) is 0 Å². The minimum absolute atomic E-state index is 0.0521. The molecule has 0 aliphatic carbocycles. The van der Waals surface area contributed by atoms with Gasteiger partial charge in [0.1, 0.15) is 11.6 Å². The van der Waals surface area contributed by atoms with Crippen molar-refractivity contribution in [2.24, 2.45) is 11.8 Å². The first-order valence-corrected chi connectivity index (χ1v) is 10.1. The maximum absolute atomic E-state index is 12.9. The molecule has 2 saturated heterocycles. The van der Waals surface area contributed by atoms with E-state index in [9.17, 15) is 14.4 Å². The molecule has 0 unspecified atom stereocenters. The molecule has 7 nitrogen and oxygen atoms in total. The first-order valence-electron chi connectivity index (χ1n) is 10.1. The van der Waals surface area contributed by atoms with E-state index >= 15 is 0 Å². The molecular formula is C21H30N4O3. The third-order valence-corrected chi connectivity index (χ3v) is 5.55. The predicted octanol–water partition coefficient (Wildman–Crippen LogP) is 1.83. The van der Waals surface area contributed by atoms with Crippen LogP contribution in [0.1, 0.15) is 43.5 Å². The van der Waals surface area contributed by atoms with Crippen LogP contribution in [-0.4, -0.2) is 72.2 Å². The molecule has 3 heterocycles. The van der Waals surface area contributed by atoms with Crippen molar-refractivity contribution in [3.05, 3.63) is 23.9 Å². The molecule has 2 amide bonds. The highest BCUT2D eigenvalue weighted by Crippen LogP contribution is 2.22. The largest absolute Gasteiger partial charge is 0.346 e. The summed E-state index contributed by atoms with van der Waals surface area (Å²) in [4.78, 5) is 47.0. The number of carbonyl (C=O) groups excluding carboxylic acids is 3. The van der Waals surface area contributed by atoms with E-state index in [-0.39, 0.29) is 23.5 Å². The molecular weight excluding hydrogens is 356 g/mol. The number of nitrogens with zero attached hydrogens (tertiary/aromatic N) is 4. The fourth-order valence-electron chi connectivity index (χ4n) is 3.83. The quantitative estimate of drug-likeness (QED) is 0.772. The van der Waals surface area contributed by atoms with E-state index in [0.29, 0.717) is 49.9 Å². The van der Waals surface area contributed by atoms with Gasteiger partial charge in [0.15, 0.2) is 0 Å². The normalized spacial score (nSPS) is 20.6. The standard InChI is InChI=1S/C21H30N4O3/c1-15(2)11-18(26)17-5-4-8-25(13-17)21(28)16-6-7-19(22-12-16)24-10-9-23(3)20(27)14-24/h6-7,12,15,17H,4-5,8-11,13-14H2,1-3H3/t17-/m1/s1. The number of rotatable bonds is 5. The molecule has 0 bridgehead atoms. The van der Waals surface area contributed by atoms with Crippen molar-refractivity contribution in [2.45, 2.75) is 33.1 Å². The van der Waals surface area contributed by atoms with E-state index in [2.05, 4.69) is 4.98 Å². The van der Waals surface area contributed by atoms with Crippen LogP contribution in [0.4, 0.5) is 5.82 Å². The van der Waals surface area contributed by atoms with Gasteiger partial charge in [0, 0.05) is 51.8 Å². The van der Waals surface area contributed by atoms with Crippen molar-refractivity contribution in [3.8, 4) is 0 Å². The monoisotopic (exact) mass is 386 g/mol. The maximum atomic E-state index is 12.9. The fourth-order valence-corrected chi connectivity index (χ4v) is 3.83. The lowest BCUT2D eigenvalue weighted by Crippen LogP contribution is -2.48. The Morgan fingerprint density at radius 1 is 1.21 bits per heavy atom. The Morgan fingerprint density at radius 2 is 2.00 bits per heavy atom. The topological polar surface area (TPSA) is 73.8 Å². The highest BCUT2D eigenvalue weighted by atomic mass is 16.2. The number of likely N-dealkylation sites (N-methyl/N-ethyl adjacent to an activating group) is 1. The van der Waals surface area contributed by atoms with Crippen molar-refractivity contribution < 1.29 is 14.4 Å². The van der Waals surface area contributed by atoms with Crippen LogP contribution < -0.4 is 4.90 Å². The van der Waals surface area contributed by atoms with Crippen molar-refractivity contribution in [2.75, 3.05) is 44.7 Å². The van der Waals surface area contributed by atoms with Gasteiger partial charge in [0.05, 0.1) is 12.1 Å². The Bertz CT molecular complexity index is 732. The molecule has 0 radical (unpaired) electrons. The van der Waals surface area contributed by atoms with E-state index in [0.717, 1.165) is 19.4 Å². The first-order chi connectivity index (χ1) is 13.3. The number of carbonyl (C=O) groups is 3. The number of pyridine rings is 1. The predicted molar refractivity (Wildman–Crippen MR) is 107 cm³/mol. The van der Waals surface area contributed by atoms with Gasteiger partial charge in [-0.05, 0) is 30.9 Å². The Hall–Kier alpha value is -2.44. The van der Waals surface area contributed by atoms with Crippen molar-refractivity contribution in [1.29, 1.82) is 0 Å². The van der Waals surface area contributed by atoms with Crippen LogP contribution in [-0.2, 0) is 9.59 Å². The lowest BCUT2D eigenvalue weighted by Gasteiger charge is -2.33. The molecule has 1 aromatic rings. The number of hydrogen-bond donors (Lipinski definition) is 0. The molecule has 2 fully saturated rings. The lowest BCUT2D eigenvalue weighted by molar-refractivity contribution is -0.129. The van der Waals surface area contributed by atoms with Crippen LogP contribution in [0, 0.1) is 11.8 Å². The Kier molecular flexibility index (Phi) is 6.31. The minimum Gasteiger partial charge on any atom is -0.346 e. The fraction of sp³-hybridized carbons (Fsp3) is 0.619. The molecule has 0 saturated carbocycles. The lowest BCUT2D eigenvalue weighted by atomic mass is 9.89. The van der Waals surface area contributed by atoms with Crippen LogP contribution in [0.2, 0.25) is 0 Å². The zero-order valence-corrected chi connectivity index (χ0v) is 17.1. The minimum atomic E-state index is -0.0736. The molecule has 152 valence electrons. The number of ketones is 1. The number of piperazine rings is 1. The van der Waals surface area contributed by atoms with Crippen LogP contribution in [0.5, 0.6) is 0 Å². The Morgan fingerprint density at radius 3 is 2.64 bits per heavy atom. The third kappa shape index (κ3) is 4.69. The summed E-state index contributed by atoms with van der Waals surface area (Å²) in [7, 11) is 1.80. The van der Waals surface area contributed by atoms with E-state index in [4.69, 9.17) is 0 Å². The molecule has 0 aromatic carbocycles. The molecule has 0 N–H and O–H groups in total. The summed E-state index contributed by atoms with van der Waals surface area (Å²) in [6.07, 6.45) is 3.88. The van der Waals surface area contributed by atoms with Gasteiger partial charge in [0.25, 0.3) is 5.91 Å². The number of Topliss-reactive ketones (excluding diaryl/α,β-unsaturated/α-hetero) is 1. The number of anilines is 1. The zero-order valence-electron chi connectivity index (χ0n) is 17.1. The average molecular weight is 386 g/mol. The smallest absolute Gasteiger partial charge is 0.255 e. The summed E-state index contributed by atoms with van der Waals surface area (Å²) in [6, 6.07) is 3.57. The van der Waals surface area contributed by atoms with Crippen LogP contribution >= 0.6 is 0 Å². The van der Waals surface area contributed by atoms with Crippen molar-refractivity contribution in [1.82, 2.24) is 14.8 Å². The number of likely N-dealkylation sites (tertiary alicyclic amines) is 1. The summed E-state index contributed by atoms with van der Waals surface area (Å²) in [5, 5.41) is 0. The molecule has 3 rings (SSSR count). The average Bonchev–Trinajstić information content (AvgIpc) is 2.69. The van der Waals surface area contributed by atoms with Gasteiger partial charge in [-0.3, -0.25) is 14.4 Å². The number of aromatic nitrogens is 1. The maximum Gasteiger partial charge on any atom is 0.255 e. The highest BCUT2D eigenvalue weighted by Gasteiger charge is 2.29. The zero-order chi connectivity index (χ0) is 20.3. The number of hydrogen-bond acceptors (Lipinski definition) is 5.